The molecule has 0 aromatic rings. The van der Waals surface area contributed by atoms with Crippen LogP contribution in [-0.2, 0) is 9.53 Å². The third-order valence-electron chi connectivity index (χ3n) is 2.80. The Morgan fingerprint density at radius 3 is 2.87 bits per heavy atom. The Morgan fingerprint density at radius 2 is 2.33 bits per heavy atom. The van der Waals surface area contributed by atoms with Crippen LogP contribution < -0.4 is 11.1 Å². The van der Waals surface area contributed by atoms with Crippen molar-refractivity contribution < 1.29 is 9.53 Å². The quantitative estimate of drug-likeness (QED) is 0.711. The van der Waals surface area contributed by atoms with Crippen LogP contribution in [0.2, 0.25) is 0 Å². The molecule has 88 valence electrons. The molecule has 1 saturated carbocycles. The molecule has 3 atom stereocenters. The summed E-state index contributed by atoms with van der Waals surface area (Å²) in [4.78, 5) is 11.5. The van der Waals surface area contributed by atoms with Gasteiger partial charge in [0.25, 0.3) is 0 Å². The number of carbonyl (C=O) groups excluding carboxylic acids is 1. The summed E-state index contributed by atoms with van der Waals surface area (Å²) in [6.45, 7) is 4.53. The van der Waals surface area contributed by atoms with Gasteiger partial charge in [-0.3, -0.25) is 4.79 Å². The second-order valence-corrected chi connectivity index (χ2v) is 4.20. The lowest BCUT2D eigenvalue weighted by molar-refractivity contribution is -0.135. The van der Waals surface area contributed by atoms with Crippen LogP contribution in [0, 0.1) is 0 Å². The number of amides is 1. The van der Waals surface area contributed by atoms with Crippen LogP contribution in [0.25, 0.3) is 0 Å². The Balaban J connectivity index is 2.27. The molecule has 15 heavy (non-hydrogen) atoms. The Bertz CT molecular complexity index is 209. The number of nitrogens with two attached hydrogens (primary N) is 1. The Kier molecular flexibility index (Phi) is 5.05. The van der Waals surface area contributed by atoms with Gasteiger partial charge in [0.05, 0.1) is 6.10 Å². The maximum absolute atomic E-state index is 11.5. The molecule has 1 rings (SSSR count). The van der Waals surface area contributed by atoms with E-state index in [2.05, 4.69) is 5.32 Å². The van der Waals surface area contributed by atoms with Crippen molar-refractivity contribution in [3.8, 4) is 0 Å². The van der Waals surface area contributed by atoms with Crippen LogP contribution >= 0.6 is 0 Å². The average Bonchev–Trinajstić information content (AvgIpc) is 2.61. The zero-order valence-corrected chi connectivity index (χ0v) is 9.66. The highest BCUT2D eigenvalue weighted by Crippen LogP contribution is 2.21. The summed E-state index contributed by atoms with van der Waals surface area (Å²) < 4.78 is 5.65. The molecule has 0 radical (unpaired) electrons. The topological polar surface area (TPSA) is 64.3 Å². The first-order valence-electron chi connectivity index (χ1n) is 5.84. The highest BCUT2D eigenvalue weighted by molar-refractivity contribution is 5.80. The predicted octanol–water partition coefficient (Wildman–Crippen LogP) is 0.797. The summed E-state index contributed by atoms with van der Waals surface area (Å²) in [5, 5.41) is 2.82. The van der Waals surface area contributed by atoms with Gasteiger partial charge in [0.2, 0.25) is 5.91 Å². The molecular formula is C11H22N2O2. The molecule has 0 aromatic heterocycles. The van der Waals surface area contributed by atoms with Gasteiger partial charge in [0.15, 0.2) is 0 Å². The summed E-state index contributed by atoms with van der Waals surface area (Å²) in [5.74, 6) is -0.0315. The number of rotatable bonds is 5. The largest absolute Gasteiger partial charge is 0.364 e. The van der Waals surface area contributed by atoms with Crippen molar-refractivity contribution >= 4 is 5.91 Å². The van der Waals surface area contributed by atoms with Crippen molar-refractivity contribution in [1.82, 2.24) is 5.32 Å². The normalized spacial score (nSPS) is 27.7. The van der Waals surface area contributed by atoms with Crippen molar-refractivity contribution in [3.63, 3.8) is 0 Å². The van der Waals surface area contributed by atoms with Gasteiger partial charge in [-0.2, -0.15) is 0 Å². The summed E-state index contributed by atoms with van der Waals surface area (Å²) in [7, 11) is 0. The van der Waals surface area contributed by atoms with Crippen molar-refractivity contribution in [1.29, 1.82) is 0 Å². The van der Waals surface area contributed by atoms with Gasteiger partial charge in [-0.05, 0) is 32.6 Å². The van der Waals surface area contributed by atoms with Crippen molar-refractivity contribution in [2.45, 2.75) is 57.8 Å². The minimum absolute atomic E-state index is 0.0315. The van der Waals surface area contributed by atoms with Gasteiger partial charge >= 0.3 is 0 Å². The molecule has 0 aromatic carbocycles. The van der Waals surface area contributed by atoms with Crippen molar-refractivity contribution in [3.05, 3.63) is 0 Å². The molecule has 0 bridgehead atoms. The van der Waals surface area contributed by atoms with E-state index in [4.69, 9.17) is 10.5 Å². The van der Waals surface area contributed by atoms with Gasteiger partial charge in [-0.15, -0.1) is 0 Å². The zero-order chi connectivity index (χ0) is 11.3. The van der Waals surface area contributed by atoms with Crippen LogP contribution in [0.1, 0.15) is 39.5 Å². The molecule has 1 fully saturated rings. The Morgan fingerprint density at radius 1 is 1.60 bits per heavy atom. The van der Waals surface area contributed by atoms with Crippen LogP contribution in [0.15, 0.2) is 0 Å². The molecule has 1 aliphatic carbocycles. The lowest BCUT2D eigenvalue weighted by Gasteiger charge is -2.21. The Labute approximate surface area is 91.5 Å². The monoisotopic (exact) mass is 214 g/mol. The molecule has 0 heterocycles. The molecule has 0 aliphatic heterocycles. The summed E-state index contributed by atoms with van der Waals surface area (Å²) >= 11 is 0. The highest BCUT2D eigenvalue weighted by atomic mass is 16.5. The fraction of sp³-hybridized carbons (Fsp3) is 0.909. The lowest BCUT2D eigenvalue weighted by Crippen LogP contribution is -2.41. The molecular weight excluding hydrogens is 192 g/mol. The van der Waals surface area contributed by atoms with E-state index in [-0.39, 0.29) is 24.2 Å². The van der Waals surface area contributed by atoms with Crippen LogP contribution in [0.4, 0.5) is 0 Å². The van der Waals surface area contributed by atoms with E-state index in [9.17, 15) is 4.79 Å². The maximum Gasteiger partial charge on any atom is 0.248 e. The zero-order valence-electron chi connectivity index (χ0n) is 9.66. The van der Waals surface area contributed by atoms with Gasteiger partial charge in [0, 0.05) is 12.6 Å². The SMILES string of the molecule is CCCNC(=O)C(C)OC1CCCC1N. The van der Waals surface area contributed by atoms with Gasteiger partial charge < -0.3 is 15.8 Å². The lowest BCUT2D eigenvalue weighted by atomic mass is 10.2. The van der Waals surface area contributed by atoms with Crippen LogP contribution in [0.3, 0.4) is 0 Å². The third-order valence-corrected chi connectivity index (χ3v) is 2.80. The summed E-state index contributed by atoms with van der Waals surface area (Å²) in [6.07, 6.45) is 3.72. The van der Waals surface area contributed by atoms with Crippen molar-refractivity contribution in [2.24, 2.45) is 5.73 Å². The molecule has 3 N–H and O–H groups in total. The van der Waals surface area contributed by atoms with Gasteiger partial charge in [0.1, 0.15) is 6.10 Å². The molecule has 1 amide bonds. The highest BCUT2D eigenvalue weighted by Gasteiger charge is 2.28. The number of carbonyl (C=O) groups is 1. The number of hydrogen-bond acceptors (Lipinski definition) is 3. The molecule has 0 saturated heterocycles. The van der Waals surface area contributed by atoms with Crippen molar-refractivity contribution in [2.75, 3.05) is 6.54 Å². The van der Waals surface area contributed by atoms with Gasteiger partial charge in [-0.1, -0.05) is 6.92 Å². The number of ether oxygens (including phenoxy) is 1. The molecule has 4 heteroatoms. The first kappa shape index (κ1) is 12.5. The van der Waals surface area contributed by atoms with E-state index in [0.29, 0.717) is 6.54 Å². The second kappa shape index (κ2) is 6.08. The van der Waals surface area contributed by atoms with E-state index >= 15 is 0 Å². The molecule has 3 unspecified atom stereocenters. The number of hydrogen-bond donors (Lipinski definition) is 2. The van der Waals surface area contributed by atoms with E-state index in [1.165, 1.54) is 0 Å². The molecule has 4 nitrogen and oxygen atoms in total. The average molecular weight is 214 g/mol. The van der Waals surface area contributed by atoms with E-state index < -0.39 is 0 Å². The fourth-order valence-electron chi connectivity index (χ4n) is 1.84. The van der Waals surface area contributed by atoms with Crippen LogP contribution in [-0.4, -0.2) is 30.7 Å². The smallest absolute Gasteiger partial charge is 0.248 e. The third kappa shape index (κ3) is 3.80. The number of nitrogens with one attached hydrogen (secondary N) is 1. The standard InChI is InChI=1S/C11H22N2O2/c1-3-7-13-11(14)8(2)15-10-6-4-5-9(10)12/h8-10H,3-7,12H2,1-2H3,(H,13,14). The predicted molar refractivity (Wildman–Crippen MR) is 59.5 cm³/mol. The first-order chi connectivity index (χ1) is 7.15. The van der Waals surface area contributed by atoms with Gasteiger partial charge in [-0.25, -0.2) is 0 Å². The minimum Gasteiger partial charge on any atom is -0.364 e. The summed E-state index contributed by atoms with van der Waals surface area (Å²) in [5.41, 5.74) is 5.87. The van der Waals surface area contributed by atoms with Crippen LogP contribution in [0.5, 0.6) is 0 Å². The second-order valence-electron chi connectivity index (χ2n) is 4.20. The van der Waals surface area contributed by atoms with E-state index in [1.807, 2.05) is 6.92 Å². The molecule has 1 aliphatic rings. The van der Waals surface area contributed by atoms with E-state index in [1.54, 1.807) is 6.92 Å². The Hall–Kier alpha value is -0.610. The van der Waals surface area contributed by atoms with E-state index in [0.717, 1.165) is 25.7 Å². The molecule has 0 spiro atoms. The summed E-state index contributed by atoms with van der Waals surface area (Å²) in [6, 6.07) is 0.103. The maximum atomic E-state index is 11.5. The fourth-order valence-corrected chi connectivity index (χ4v) is 1.84. The minimum atomic E-state index is -0.384. The first-order valence-corrected chi connectivity index (χ1v) is 5.84.